The van der Waals surface area contributed by atoms with Crippen LogP contribution in [-0.4, -0.2) is 36.2 Å². The first-order valence-electron chi connectivity index (χ1n) is 4.96. The molecule has 0 fully saturated rings. The van der Waals surface area contributed by atoms with Crippen LogP contribution in [0.2, 0.25) is 0 Å². The molecule has 0 spiro atoms. The van der Waals surface area contributed by atoms with Crippen LogP contribution in [0.5, 0.6) is 0 Å². The molecule has 0 rings (SSSR count). The van der Waals surface area contributed by atoms with Crippen molar-refractivity contribution in [1.82, 2.24) is 4.90 Å². The largest absolute Gasteiger partial charge is 0.393 e. The van der Waals surface area contributed by atoms with Crippen LogP contribution in [0.3, 0.4) is 0 Å². The van der Waals surface area contributed by atoms with Crippen molar-refractivity contribution in [3.8, 4) is 0 Å². The summed E-state index contributed by atoms with van der Waals surface area (Å²) in [5.74, 6) is 0. The monoisotopic (exact) mass is 173 g/mol. The molecule has 0 saturated heterocycles. The summed E-state index contributed by atoms with van der Waals surface area (Å²) in [6.45, 7) is 4.22. The minimum absolute atomic E-state index is 0.121. The van der Waals surface area contributed by atoms with Crippen molar-refractivity contribution in [3.05, 3.63) is 0 Å². The number of nitrogens with zero attached hydrogens (tertiary/aromatic N) is 1. The van der Waals surface area contributed by atoms with E-state index in [1.54, 1.807) is 0 Å². The molecule has 0 aliphatic carbocycles. The van der Waals surface area contributed by atoms with E-state index in [2.05, 4.69) is 25.9 Å². The van der Waals surface area contributed by atoms with E-state index in [9.17, 15) is 5.11 Å². The highest BCUT2D eigenvalue weighted by atomic mass is 16.3. The van der Waals surface area contributed by atoms with Crippen molar-refractivity contribution in [2.24, 2.45) is 0 Å². The number of hydrogen-bond acceptors (Lipinski definition) is 2. The summed E-state index contributed by atoms with van der Waals surface area (Å²) in [5.41, 5.74) is 0. The van der Waals surface area contributed by atoms with Crippen LogP contribution < -0.4 is 0 Å². The van der Waals surface area contributed by atoms with Gasteiger partial charge in [0.1, 0.15) is 0 Å². The van der Waals surface area contributed by atoms with E-state index >= 15 is 0 Å². The Labute approximate surface area is 76.6 Å². The fraction of sp³-hybridized carbons (Fsp3) is 1.00. The molecule has 0 heterocycles. The van der Waals surface area contributed by atoms with Gasteiger partial charge in [0.15, 0.2) is 0 Å². The summed E-state index contributed by atoms with van der Waals surface area (Å²) >= 11 is 0. The molecular formula is C10H23NO. The standard InChI is InChI=1S/C10H23NO/c1-5-7-9(11(3)4)8-10(12)6-2/h9-10,12H,5-8H2,1-4H3. The zero-order chi connectivity index (χ0) is 9.56. The molecule has 0 saturated carbocycles. The van der Waals surface area contributed by atoms with Crippen LogP contribution in [0.25, 0.3) is 0 Å². The van der Waals surface area contributed by atoms with Gasteiger partial charge in [0.05, 0.1) is 6.10 Å². The van der Waals surface area contributed by atoms with Crippen LogP contribution in [0, 0.1) is 0 Å². The normalized spacial score (nSPS) is 16.5. The number of aliphatic hydroxyl groups is 1. The van der Waals surface area contributed by atoms with Crippen LogP contribution in [0.15, 0.2) is 0 Å². The van der Waals surface area contributed by atoms with Crippen LogP contribution >= 0.6 is 0 Å². The molecule has 2 nitrogen and oxygen atoms in total. The van der Waals surface area contributed by atoms with Crippen molar-refractivity contribution in [3.63, 3.8) is 0 Å². The van der Waals surface area contributed by atoms with Gasteiger partial charge in [-0.15, -0.1) is 0 Å². The SMILES string of the molecule is CCCC(CC(O)CC)N(C)C. The molecule has 0 bridgehead atoms. The minimum atomic E-state index is -0.121. The third kappa shape index (κ3) is 4.73. The summed E-state index contributed by atoms with van der Waals surface area (Å²) < 4.78 is 0. The molecule has 0 aliphatic rings. The first-order chi connectivity index (χ1) is 5.61. The van der Waals surface area contributed by atoms with Gasteiger partial charge in [-0.25, -0.2) is 0 Å². The lowest BCUT2D eigenvalue weighted by Gasteiger charge is -2.25. The molecule has 12 heavy (non-hydrogen) atoms. The Morgan fingerprint density at radius 2 is 1.83 bits per heavy atom. The van der Waals surface area contributed by atoms with Crippen molar-refractivity contribution >= 4 is 0 Å². The Bertz CT molecular complexity index is 104. The third-order valence-corrected chi connectivity index (χ3v) is 2.37. The number of hydrogen-bond donors (Lipinski definition) is 1. The smallest absolute Gasteiger partial charge is 0.0552 e. The molecule has 2 atom stereocenters. The van der Waals surface area contributed by atoms with Gasteiger partial charge in [0, 0.05) is 6.04 Å². The molecule has 2 unspecified atom stereocenters. The maximum Gasteiger partial charge on any atom is 0.0552 e. The molecule has 0 aromatic rings. The van der Waals surface area contributed by atoms with Crippen molar-refractivity contribution in [1.29, 1.82) is 0 Å². The van der Waals surface area contributed by atoms with Crippen LogP contribution in [-0.2, 0) is 0 Å². The van der Waals surface area contributed by atoms with E-state index < -0.39 is 0 Å². The average molecular weight is 173 g/mol. The second kappa shape index (κ2) is 6.44. The second-order valence-corrected chi connectivity index (χ2v) is 3.70. The second-order valence-electron chi connectivity index (χ2n) is 3.70. The lowest BCUT2D eigenvalue weighted by molar-refractivity contribution is 0.116. The molecule has 0 aliphatic heterocycles. The van der Waals surface area contributed by atoms with Gasteiger partial charge >= 0.3 is 0 Å². The summed E-state index contributed by atoms with van der Waals surface area (Å²) in [4.78, 5) is 2.21. The maximum absolute atomic E-state index is 9.48. The van der Waals surface area contributed by atoms with Crippen molar-refractivity contribution in [2.75, 3.05) is 14.1 Å². The lowest BCUT2D eigenvalue weighted by atomic mass is 10.0. The highest BCUT2D eigenvalue weighted by Crippen LogP contribution is 2.11. The summed E-state index contributed by atoms with van der Waals surface area (Å²) in [6.07, 6.45) is 4.04. The molecule has 0 radical (unpaired) electrons. The number of rotatable bonds is 6. The van der Waals surface area contributed by atoms with Gasteiger partial charge in [-0.05, 0) is 33.4 Å². The van der Waals surface area contributed by atoms with E-state index in [0.29, 0.717) is 6.04 Å². The Hall–Kier alpha value is -0.0800. The first kappa shape index (κ1) is 11.9. The predicted molar refractivity (Wildman–Crippen MR) is 53.3 cm³/mol. The van der Waals surface area contributed by atoms with Gasteiger partial charge in [-0.2, -0.15) is 0 Å². The first-order valence-corrected chi connectivity index (χ1v) is 4.96. The van der Waals surface area contributed by atoms with E-state index in [1.807, 2.05) is 6.92 Å². The fourth-order valence-corrected chi connectivity index (χ4v) is 1.40. The van der Waals surface area contributed by atoms with Gasteiger partial charge in [-0.3, -0.25) is 0 Å². The fourth-order valence-electron chi connectivity index (χ4n) is 1.40. The van der Waals surface area contributed by atoms with E-state index in [1.165, 1.54) is 12.8 Å². The van der Waals surface area contributed by atoms with Gasteiger partial charge in [0.25, 0.3) is 0 Å². The van der Waals surface area contributed by atoms with Gasteiger partial charge < -0.3 is 10.0 Å². The topological polar surface area (TPSA) is 23.5 Å². The zero-order valence-corrected chi connectivity index (χ0v) is 8.88. The summed E-state index contributed by atoms with van der Waals surface area (Å²) in [6, 6.07) is 0.546. The molecular weight excluding hydrogens is 150 g/mol. The van der Waals surface area contributed by atoms with E-state index in [-0.39, 0.29) is 6.10 Å². The van der Waals surface area contributed by atoms with E-state index in [4.69, 9.17) is 0 Å². The highest BCUT2D eigenvalue weighted by molar-refractivity contribution is 4.69. The zero-order valence-electron chi connectivity index (χ0n) is 8.88. The van der Waals surface area contributed by atoms with Gasteiger partial charge in [-0.1, -0.05) is 20.3 Å². The maximum atomic E-state index is 9.48. The van der Waals surface area contributed by atoms with Crippen molar-refractivity contribution < 1.29 is 5.11 Å². The lowest BCUT2D eigenvalue weighted by Crippen LogP contribution is -2.31. The molecule has 2 heteroatoms. The highest BCUT2D eigenvalue weighted by Gasteiger charge is 2.13. The Kier molecular flexibility index (Phi) is 6.39. The van der Waals surface area contributed by atoms with Crippen LogP contribution in [0.4, 0.5) is 0 Å². The Balaban J connectivity index is 3.77. The molecule has 0 aromatic heterocycles. The van der Waals surface area contributed by atoms with Crippen molar-refractivity contribution in [2.45, 2.75) is 51.7 Å². The van der Waals surface area contributed by atoms with Crippen LogP contribution in [0.1, 0.15) is 39.5 Å². The summed E-state index contributed by atoms with van der Waals surface area (Å²) in [7, 11) is 4.17. The average Bonchev–Trinajstić information content (AvgIpc) is 2.03. The Morgan fingerprint density at radius 1 is 1.25 bits per heavy atom. The molecule has 0 amide bonds. The quantitative estimate of drug-likeness (QED) is 0.663. The Morgan fingerprint density at radius 3 is 2.17 bits per heavy atom. The summed E-state index contributed by atoms with van der Waals surface area (Å²) in [5, 5.41) is 9.48. The molecule has 74 valence electrons. The predicted octanol–water partition coefficient (Wildman–Crippen LogP) is 1.88. The van der Waals surface area contributed by atoms with E-state index in [0.717, 1.165) is 12.8 Å². The number of aliphatic hydroxyl groups excluding tert-OH is 1. The molecule has 0 aromatic carbocycles. The third-order valence-electron chi connectivity index (χ3n) is 2.37. The minimum Gasteiger partial charge on any atom is -0.393 e. The van der Waals surface area contributed by atoms with Gasteiger partial charge in [0.2, 0.25) is 0 Å². The molecule has 1 N–H and O–H groups in total.